The number of rotatable bonds is 6. The van der Waals surface area contributed by atoms with Gasteiger partial charge in [0.05, 0.1) is 12.2 Å². The van der Waals surface area contributed by atoms with Crippen LogP contribution in [0.1, 0.15) is 57.5 Å². The van der Waals surface area contributed by atoms with Crippen LogP contribution in [0.3, 0.4) is 0 Å². The van der Waals surface area contributed by atoms with E-state index < -0.39 is 0 Å². The molecule has 5 heteroatoms. The van der Waals surface area contributed by atoms with E-state index in [0.29, 0.717) is 30.5 Å². The number of para-hydroxylation sites is 1. The van der Waals surface area contributed by atoms with Crippen molar-refractivity contribution < 1.29 is 14.3 Å². The topological polar surface area (TPSA) is 58.6 Å². The Labute approximate surface area is 178 Å². The van der Waals surface area contributed by atoms with Gasteiger partial charge in [-0.2, -0.15) is 0 Å². The number of aryl methyl sites for hydroxylation is 2. The summed E-state index contributed by atoms with van der Waals surface area (Å²) in [6.45, 7) is 6.06. The van der Waals surface area contributed by atoms with Gasteiger partial charge in [0.25, 0.3) is 11.8 Å². The lowest BCUT2D eigenvalue weighted by atomic mass is 9.97. The SMILES string of the molecule is Cc1ccc(C(=O)N2CCCC(COc3ccccc3C(=O)NC3CC3)C2)cc1C. The van der Waals surface area contributed by atoms with E-state index in [2.05, 4.69) is 12.2 Å². The van der Waals surface area contributed by atoms with Crippen LogP contribution < -0.4 is 10.1 Å². The number of hydrogen-bond donors (Lipinski definition) is 1. The Morgan fingerprint density at radius 3 is 2.63 bits per heavy atom. The fourth-order valence-corrected chi connectivity index (χ4v) is 3.92. The van der Waals surface area contributed by atoms with E-state index in [9.17, 15) is 9.59 Å². The number of hydrogen-bond acceptors (Lipinski definition) is 3. The summed E-state index contributed by atoms with van der Waals surface area (Å²) in [6.07, 6.45) is 4.10. The molecule has 0 aromatic heterocycles. The Hall–Kier alpha value is -2.82. The summed E-state index contributed by atoms with van der Waals surface area (Å²) in [4.78, 5) is 27.4. The summed E-state index contributed by atoms with van der Waals surface area (Å²) in [5.41, 5.74) is 3.67. The third kappa shape index (κ3) is 4.84. The Morgan fingerprint density at radius 1 is 1.07 bits per heavy atom. The average molecular weight is 407 g/mol. The minimum absolute atomic E-state index is 0.0664. The van der Waals surface area contributed by atoms with E-state index in [1.807, 2.05) is 54.3 Å². The molecule has 1 N–H and O–H groups in total. The molecule has 158 valence electrons. The van der Waals surface area contributed by atoms with E-state index in [4.69, 9.17) is 4.74 Å². The first-order valence-electron chi connectivity index (χ1n) is 10.9. The highest BCUT2D eigenvalue weighted by Crippen LogP contribution is 2.25. The zero-order valence-electron chi connectivity index (χ0n) is 17.8. The Morgan fingerprint density at radius 2 is 1.87 bits per heavy atom. The predicted octanol–water partition coefficient (Wildman–Crippen LogP) is 4.13. The van der Waals surface area contributed by atoms with Gasteiger partial charge in [-0.1, -0.05) is 18.2 Å². The molecule has 0 radical (unpaired) electrons. The minimum Gasteiger partial charge on any atom is -0.492 e. The summed E-state index contributed by atoms with van der Waals surface area (Å²) in [5, 5.41) is 3.03. The lowest BCUT2D eigenvalue weighted by Crippen LogP contribution is -2.41. The molecule has 5 nitrogen and oxygen atoms in total. The molecule has 0 bridgehead atoms. The van der Waals surface area contributed by atoms with Gasteiger partial charge >= 0.3 is 0 Å². The third-order valence-corrected chi connectivity index (χ3v) is 6.08. The molecule has 1 atom stereocenters. The third-order valence-electron chi connectivity index (χ3n) is 6.08. The molecule has 2 aromatic carbocycles. The highest BCUT2D eigenvalue weighted by Gasteiger charge is 2.27. The van der Waals surface area contributed by atoms with Gasteiger partial charge in [0.1, 0.15) is 5.75 Å². The van der Waals surface area contributed by atoms with Crippen molar-refractivity contribution in [1.29, 1.82) is 0 Å². The second kappa shape index (κ2) is 8.90. The highest BCUT2D eigenvalue weighted by molar-refractivity contribution is 5.97. The first kappa shape index (κ1) is 20.5. The zero-order valence-corrected chi connectivity index (χ0v) is 17.8. The van der Waals surface area contributed by atoms with Crippen molar-refractivity contribution in [3.05, 3.63) is 64.7 Å². The molecule has 2 fully saturated rings. The first-order valence-corrected chi connectivity index (χ1v) is 10.9. The monoisotopic (exact) mass is 406 g/mol. The predicted molar refractivity (Wildman–Crippen MR) is 117 cm³/mol. The molecule has 2 aromatic rings. The highest BCUT2D eigenvalue weighted by atomic mass is 16.5. The van der Waals surface area contributed by atoms with Crippen LogP contribution in [-0.2, 0) is 0 Å². The van der Waals surface area contributed by atoms with Crippen molar-refractivity contribution in [2.75, 3.05) is 19.7 Å². The molecule has 1 heterocycles. The molecular weight excluding hydrogens is 376 g/mol. The van der Waals surface area contributed by atoms with Crippen LogP contribution in [0.25, 0.3) is 0 Å². The number of nitrogens with zero attached hydrogens (tertiary/aromatic N) is 1. The van der Waals surface area contributed by atoms with Crippen molar-refractivity contribution in [1.82, 2.24) is 10.2 Å². The zero-order chi connectivity index (χ0) is 21.1. The van der Waals surface area contributed by atoms with Crippen molar-refractivity contribution in [3.8, 4) is 5.75 Å². The normalized spacial score (nSPS) is 18.7. The fraction of sp³-hybridized carbons (Fsp3) is 0.440. The maximum atomic E-state index is 13.0. The smallest absolute Gasteiger partial charge is 0.255 e. The van der Waals surface area contributed by atoms with Crippen LogP contribution in [0.5, 0.6) is 5.75 Å². The molecule has 1 aliphatic carbocycles. The van der Waals surface area contributed by atoms with Crippen LogP contribution in [0.2, 0.25) is 0 Å². The molecule has 30 heavy (non-hydrogen) atoms. The van der Waals surface area contributed by atoms with Crippen LogP contribution in [-0.4, -0.2) is 42.5 Å². The summed E-state index contributed by atoms with van der Waals surface area (Å²) < 4.78 is 6.07. The summed E-state index contributed by atoms with van der Waals surface area (Å²) in [6, 6.07) is 13.6. The molecule has 2 aliphatic rings. The summed E-state index contributed by atoms with van der Waals surface area (Å²) in [5.74, 6) is 0.900. The molecule has 2 amide bonds. The number of ether oxygens (including phenoxy) is 1. The number of nitrogens with one attached hydrogen (secondary N) is 1. The van der Waals surface area contributed by atoms with E-state index in [-0.39, 0.29) is 17.7 Å². The standard InChI is InChI=1S/C25H30N2O3/c1-17-9-10-20(14-18(17)2)25(29)27-13-5-6-19(15-27)16-30-23-8-4-3-7-22(23)24(28)26-21-11-12-21/h3-4,7-10,14,19,21H,5-6,11-13,15-16H2,1-2H3,(H,26,28). The van der Waals surface area contributed by atoms with Gasteiger partial charge in [0.15, 0.2) is 0 Å². The van der Waals surface area contributed by atoms with Crippen LogP contribution in [0, 0.1) is 19.8 Å². The van der Waals surface area contributed by atoms with Crippen molar-refractivity contribution in [2.45, 2.75) is 45.6 Å². The lowest BCUT2D eigenvalue weighted by Gasteiger charge is -2.33. The fourth-order valence-electron chi connectivity index (χ4n) is 3.92. The van der Waals surface area contributed by atoms with Gasteiger partial charge in [-0.25, -0.2) is 0 Å². The van der Waals surface area contributed by atoms with Gasteiger partial charge in [0, 0.05) is 30.6 Å². The molecule has 0 spiro atoms. The number of benzene rings is 2. The largest absolute Gasteiger partial charge is 0.492 e. The number of amides is 2. The lowest BCUT2D eigenvalue weighted by molar-refractivity contribution is 0.0633. The maximum Gasteiger partial charge on any atom is 0.255 e. The number of carbonyl (C=O) groups is 2. The molecule has 1 aliphatic heterocycles. The van der Waals surface area contributed by atoms with Gasteiger partial charge in [0.2, 0.25) is 0 Å². The van der Waals surface area contributed by atoms with Crippen LogP contribution >= 0.6 is 0 Å². The molecular formula is C25H30N2O3. The Kier molecular flexibility index (Phi) is 6.07. The summed E-state index contributed by atoms with van der Waals surface area (Å²) >= 11 is 0. The average Bonchev–Trinajstić information content (AvgIpc) is 3.58. The van der Waals surface area contributed by atoms with Crippen molar-refractivity contribution >= 4 is 11.8 Å². The van der Waals surface area contributed by atoms with Gasteiger partial charge in [-0.3, -0.25) is 9.59 Å². The van der Waals surface area contributed by atoms with E-state index >= 15 is 0 Å². The van der Waals surface area contributed by atoms with Gasteiger partial charge < -0.3 is 15.0 Å². The quantitative estimate of drug-likeness (QED) is 0.785. The Balaban J connectivity index is 1.37. The number of likely N-dealkylation sites (tertiary alicyclic amines) is 1. The van der Waals surface area contributed by atoms with E-state index in [1.165, 1.54) is 5.56 Å². The van der Waals surface area contributed by atoms with E-state index in [1.54, 1.807) is 0 Å². The second-order valence-electron chi connectivity index (χ2n) is 8.61. The van der Waals surface area contributed by atoms with E-state index in [0.717, 1.165) is 43.4 Å². The van der Waals surface area contributed by atoms with Gasteiger partial charge in [-0.05, 0) is 74.9 Å². The van der Waals surface area contributed by atoms with Crippen LogP contribution in [0.15, 0.2) is 42.5 Å². The molecule has 1 unspecified atom stereocenters. The first-order chi connectivity index (χ1) is 14.5. The minimum atomic E-state index is -0.0664. The number of carbonyl (C=O) groups excluding carboxylic acids is 2. The second-order valence-corrected chi connectivity index (χ2v) is 8.61. The van der Waals surface area contributed by atoms with Gasteiger partial charge in [-0.15, -0.1) is 0 Å². The maximum absolute atomic E-state index is 13.0. The van der Waals surface area contributed by atoms with Crippen molar-refractivity contribution in [3.63, 3.8) is 0 Å². The van der Waals surface area contributed by atoms with Crippen LogP contribution in [0.4, 0.5) is 0 Å². The molecule has 4 rings (SSSR count). The Bertz CT molecular complexity index is 936. The molecule has 1 saturated heterocycles. The van der Waals surface area contributed by atoms with Crippen molar-refractivity contribution in [2.24, 2.45) is 5.92 Å². The summed E-state index contributed by atoms with van der Waals surface area (Å²) in [7, 11) is 0. The molecule has 1 saturated carbocycles. The number of piperidine rings is 1.